The standard InChI is InChI=1S/C29H41N3O3/c1-3-4-5-6-7-8-9-10-11-12-28(33)30-22-29(34)32-31-21-25-17-19-27(20-18-25)35-23-26-15-13-24(2)14-16-26/h13-21H,3-12,22-23H2,1-2H3,(H,30,33)(H,32,34). The van der Waals surface area contributed by atoms with E-state index in [0.717, 1.165) is 29.7 Å². The van der Waals surface area contributed by atoms with Gasteiger partial charge in [0, 0.05) is 6.42 Å². The van der Waals surface area contributed by atoms with Crippen LogP contribution in [0.15, 0.2) is 53.6 Å². The molecule has 6 heteroatoms. The average molecular weight is 480 g/mol. The highest BCUT2D eigenvalue weighted by Crippen LogP contribution is 2.14. The number of nitrogens with one attached hydrogen (secondary N) is 2. The molecule has 0 radical (unpaired) electrons. The van der Waals surface area contributed by atoms with Gasteiger partial charge in [-0.2, -0.15) is 5.10 Å². The molecule has 0 atom stereocenters. The van der Waals surface area contributed by atoms with Crippen molar-refractivity contribution in [2.45, 2.75) is 84.7 Å². The highest BCUT2D eigenvalue weighted by molar-refractivity contribution is 5.86. The van der Waals surface area contributed by atoms with Crippen LogP contribution in [-0.2, 0) is 16.2 Å². The minimum atomic E-state index is -0.347. The van der Waals surface area contributed by atoms with Crippen molar-refractivity contribution in [1.82, 2.24) is 10.7 Å². The summed E-state index contributed by atoms with van der Waals surface area (Å²) < 4.78 is 5.79. The molecule has 2 rings (SSSR count). The monoisotopic (exact) mass is 479 g/mol. The van der Waals surface area contributed by atoms with E-state index in [1.54, 1.807) is 6.21 Å². The lowest BCUT2D eigenvalue weighted by atomic mass is 10.1. The van der Waals surface area contributed by atoms with Crippen LogP contribution in [0.2, 0.25) is 0 Å². The number of aryl methyl sites for hydroxylation is 1. The Morgan fingerprint density at radius 3 is 2.11 bits per heavy atom. The molecule has 2 aromatic rings. The lowest BCUT2D eigenvalue weighted by Gasteiger charge is -2.07. The fourth-order valence-electron chi connectivity index (χ4n) is 3.58. The zero-order valence-electron chi connectivity index (χ0n) is 21.4. The number of hydrazone groups is 1. The van der Waals surface area contributed by atoms with Gasteiger partial charge in [0.05, 0.1) is 12.8 Å². The Kier molecular flexibility index (Phi) is 13.9. The number of carbonyl (C=O) groups is 2. The first kappa shape index (κ1) is 28.1. The van der Waals surface area contributed by atoms with E-state index in [0.29, 0.717) is 13.0 Å². The quantitative estimate of drug-likeness (QED) is 0.164. The number of ether oxygens (including phenoxy) is 1. The van der Waals surface area contributed by atoms with Gasteiger partial charge in [0.15, 0.2) is 0 Å². The van der Waals surface area contributed by atoms with Crippen molar-refractivity contribution in [3.8, 4) is 5.75 Å². The lowest BCUT2D eigenvalue weighted by molar-refractivity contribution is -0.126. The van der Waals surface area contributed by atoms with Gasteiger partial charge in [0.2, 0.25) is 5.91 Å². The second-order valence-electron chi connectivity index (χ2n) is 8.99. The minimum Gasteiger partial charge on any atom is -0.489 e. The van der Waals surface area contributed by atoms with E-state index in [1.807, 2.05) is 24.3 Å². The molecule has 0 aliphatic carbocycles. The van der Waals surface area contributed by atoms with Crippen LogP contribution in [0.4, 0.5) is 0 Å². The third kappa shape index (κ3) is 13.4. The Balaban J connectivity index is 1.53. The van der Waals surface area contributed by atoms with Crippen LogP contribution in [0.1, 0.15) is 87.8 Å². The SMILES string of the molecule is CCCCCCCCCCCC(=O)NCC(=O)NN=Cc1ccc(OCc2ccc(C)cc2)cc1. The van der Waals surface area contributed by atoms with Gasteiger partial charge in [-0.25, -0.2) is 5.43 Å². The maximum Gasteiger partial charge on any atom is 0.259 e. The molecule has 0 bridgehead atoms. The Bertz CT molecular complexity index is 892. The van der Waals surface area contributed by atoms with Crippen molar-refractivity contribution in [2.24, 2.45) is 5.10 Å². The molecule has 0 aromatic heterocycles. The maximum absolute atomic E-state index is 11.9. The van der Waals surface area contributed by atoms with E-state index < -0.39 is 0 Å². The zero-order chi connectivity index (χ0) is 25.1. The number of nitrogens with zero attached hydrogens (tertiary/aromatic N) is 1. The Labute approximate surface area is 210 Å². The molecule has 0 aliphatic rings. The van der Waals surface area contributed by atoms with Crippen LogP contribution in [0.3, 0.4) is 0 Å². The van der Waals surface area contributed by atoms with Gasteiger partial charge in [0.1, 0.15) is 12.4 Å². The lowest BCUT2D eigenvalue weighted by Crippen LogP contribution is -2.34. The maximum atomic E-state index is 11.9. The molecule has 35 heavy (non-hydrogen) atoms. The van der Waals surface area contributed by atoms with Crippen molar-refractivity contribution in [3.63, 3.8) is 0 Å². The van der Waals surface area contributed by atoms with Crippen molar-refractivity contribution in [1.29, 1.82) is 0 Å². The van der Waals surface area contributed by atoms with Gasteiger partial charge in [-0.1, -0.05) is 88.1 Å². The second kappa shape index (κ2) is 17.3. The van der Waals surface area contributed by atoms with Gasteiger partial charge in [-0.3, -0.25) is 9.59 Å². The van der Waals surface area contributed by atoms with Gasteiger partial charge in [0.25, 0.3) is 5.91 Å². The fraction of sp³-hybridized carbons (Fsp3) is 0.483. The second-order valence-corrected chi connectivity index (χ2v) is 8.99. The van der Waals surface area contributed by atoms with E-state index >= 15 is 0 Å². The Morgan fingerprint density at radius 1 is 0.829 bits per heavy atom. The van der Waals surface area contributed by atoms with Gasteiger partial charge in [-0.05, 0) is 48.7 Å². The largest absolute Gasteiger partial charge is 0.489 e. The van der Waals surface area contributed by atoms with E-state index in [-0.39, 0.29) is 18.4 Å². The van der Waals surface area contributed by atoms with Crippen molar-refractivity contribution >= 4 is 18.0 Å². The summed E-state index contributed by atoms with van der Waals surface area (Å²) in [6.07, 6.45) is 12.9. The van der Waals surface area contributed by atoms with Gasteiger partial charge in [-0.15, -0.1) is 0 Å². The molecule has 190 valence electrons. The van der Waals surface area contributed by atoms with Crippen LogP contribution < -0.4 is 15.5 Å². The molecular weight excluding hydrogens is 438 g/mol. The van der Waals surface area contributed by atoms with Gasteiger partial charge < -0.3 is 10.1 Å². The summed E-state index contributed by atoms with van der Waals surface area (Å²) in [6, 6.07) is 15.7. The number of hydrogen-bond acceptors (Lipinski definition) is 4. The average Bonchev–Trinajstić information content (AvgIpc) is 2.87. The molecule has 2 aromatic carbocycles. The summed E-state index contributed by atoms with van der Waals surface area (Å²) in [5.41, 5.74) is 5.62. The number of benzene rings is 2. The first-order chi connectivity index (χ1) is 17.1. The predicted octanol–water partition coefficient (Wildman–Crippen LogP) is 6.06. The summed E-state index contributed by atoms with van der Waals surface area (Å²) in [7, 11) is 0. The third-order valence-corrected chi connectivity index (χ3v) is 5.76. The molecule has 0 aliphatic heterocycles. The first-order valence-corrected chi connectivity index (χ1v) is 12.9. The third-order valence-electron chi connectivity index (χ3n) is 5.76. The fourth-order valence-corrected chi connectivity index (χ4v) is 3.58. The van der Waals surface area contributed by atoms with Crippen LogP contribution in [0.25, 0.3) is 0 Å². The number of rotatable bonds is 17. The Hall–Kier alpha value is -3.15. The van der Waals surface area contributed by atoms with Crippen LogP contribution >= 0.6 is 0 Å². The molecule has 6 nitrogen and oxygen atoms in total. The number of amides is 2. The molecule has 0 spiro atoms. The Morgan fingerprint density at radius 2 is 1.46 bits per heavy atom. The topological polar surface area (TPSA) is 79.8 Å². The normalized spacial score (nSPS) is 10.9. The van der Waals surface area contributed by atoms with E-state index in [1.165, 1.54) is 50.5 Å². The molecular formula is C29H41N3O3. The first-order valence-electron chi connectivity index (χ1n) is 12.9. The molecule has 2 N–H and O–H groups in total. The summed E-state index contributed by atoms with van der Waals surface area (Å²) in [4.78, 5) is 23.8. The van der Waals surface area contributed by atoms with Crippen LogP contribution in [0.5, 0.6) is 5.75 Å². The molecule has 0 saturated carbocycles. The summed E-state index contributed by atoms with van der Waals surface area (Å²) in [5.74, 6) is 0.328. The summed E-state index contributed by atoms with van der Waals surface area (Å²) in [5, 5.41) is 6.61. The molecule has 0 fully saturated rings. The highest BCUT2D eigenvalue weighted by Gasteiger charge is 2.05. The number of unbranched alkanes of at least 4 members (excludes halogenated alkanes) is 8. The minimum absolute atomic E-state index is 0.0700. The van der Waals surface area contributed by atoms with Gasteiger partial charge >= 0.3 is 0 Å². The predicted molar refractivity (Wildman–Crippen MR) is 143 cm³/mol. The number of carbonyl (C=O) groups excluding carboxylic acids is 2. The smallest absolute Gasteiger partial charge is 0.259 e. The zero-order valence-corrected chi connectivity index (χ0v) is 21.4. The van der Waals surface area contributed by atoms with E-state index in [4.69, 9.17) is 4.74 Å². The molecule has 2 amide bonds. The molecule has 0 heterocycles. The summed E-state index contributed by atoms with van der Waals surface area (Å²) >= 11 is 0. The molecule has 0 saturated heterocycles. The highest BCUT2D eigenvalue weighted by atomic mass is 16.5. The van der Waals surface area contributed by atoms with Crippen LogP contribution in [-0.4, -0.2) is 24.6 Å². The van der Waals surface area contributed by atoms with Crippen molar-refractivity contribution in [3.05, 3.63) is 65.2 Å². The number of hydrogen-bond donors (Lipinski definition) is 2. The van der Waals surface area contributed by atoms with Crippen LogP contribution in [0, 0.1) is 6.92 Å². The van der Waals surface area contributed by atoms with E-state index in [9.17, 15) is 9.59 Å². The van der Waals surface area contributed by atoms with Crippen molar-refractivity contribution < 1.29 is 14.3 Å². The summed E-state index contributed by atoms with van der Waals surface area (Å²) in [6.45, 7) is 4.73. The van der Waals surface area contributed by atoms with E-state index in [2.05, 4.69) is 54.0 Å². The molecule has 0 unspecified atom stereocenters. The van der Waals surface area contributed by atoms with Crippen molar-refractivity contribution in [2.75, 3.05) is 6.54 Å².